The van der Waals surface area contributed by atoms with Gasteiger partial charge in [-0.2, -0.15) is 0 Å². The number of halogens is 1. The molecule has 0 aromatic heterocycles. The van der Waals surface area contributed by atoms with Crippen molar-refractivity contribution in [2.75, 3.05) is 25.2 Å². The molecule has 0 rings (SSSR count). The molecule has 6 heteroatoms. The third-order valence-corrected chi connectivity index (χ3v) is 1.78. The first-order valence-electron chi connectivity index (χ1n) is 5.37. The molecule has 0 aliphatic heterocycles. The predicted octanol–water partition coefficient (Wildman–Crippen LogP) is 1.60. The highest BCUT2D eigenvalue weighted by atomic mass is 79.9. The van der Waals surface area contributed by atoms with Crippen molar-refractivity contribution in [1.29, 1.82) is 0 Å². The maximum atomic E-state index is 10.4. The number of aliphatic hydroxyl groups excluding tert-OH is 1. The normalized spacial score (nSPS) is 8.56. The van der Waals surface area contributed by atoms with Crippen molar-refractivity contribution in [3.63, 3.8) is 0 Å². The lowest BCUT2D eigenvalue weighted by molar-refractivity contribution is -0.138. The quantitative estimate of drug-likeness (QED) is 0.318. The van der Waals surface area contributed by atoms with E-state index in [1.165, 1.54) is 0 Å². The second-order valence-electron chi connectivity index (χ2n) is 2.86. The molecule has 0 atom stereocenters. The predicted molar refractivity (Wildman–Crippen MR) is 72.4 cm³/mol. The van der Waals surface area contributed by atoms with E-state index in [-0.39, 0.29) is 12.6 Å². The Morgan fingerprint density at radius 2 is 1.56 bits per heavy atom. The summed E-state index contributed by atoms with van der Waals surface area (Å²) in [5, 5.41) is 9.00. The fourth-order valence-electron chi connectivity index (χ4n) is 0.644. The SMILES string of the molecule is C=CC(=O)OCCBr.C=CC(=O)OCCCCO. The summed E-state index contributed by atoms with van der Waals surface area (Å²) >= 11 is 3.10. The van der Waals surface area contributed by atoms with E-state index in [0.717, 1.165) is 12.2 Å². The lowest BCUT2D eigenvalue weighted by atomic mass is 10.3. The third kappa shape index (κ3) is 17.3. The molecule has 0 unspecified atom stereocenters. The van der Waals surface area contributed by atoms with Gasteiger partial charge in [0.25, 0.3) is 0 Å². The van der Waals surface area contributed by atoms with Gasteiger partial charge in [0.15, 0.2) is 0 Å². The van der Waals surface area contributed by atoms with Gasteiger partial charge in [0.2, 0.25) is 0 Å². The zero-order chi connectivity index (χ0) is 14.2. The fourth-order valence-corrected chi connectivity index (χ4v) is 0.806. The van der Waals surface area contributed by atoms with Crippen LogP contribution in [0.4, 0.5) is 0 Å². The van der Waals surface area contributed by atoms with Crippen molar-refractivity contribution in [2.45, 2.75) is 12.8 Å². The van der Waals surface area contributed by atoms with Crippen LogP contribution in [0, 0.1) is 0 Å². The van der Waals surface area contributed by atoms with E-state index in [9.17, 15) is 9.59 Å². The molecule has 0 spiro atoms. The van der Waals surface area contributed by atoms with Crippen LogP contribution in [0.3, 0.4) is 0 Å². The topological polar surface area (TPSA) is 72.8 Å². The van der Waals surface area contributed by atoms with Crippen LogP contribution in [0.2, 0.25) is 0 Å². The first-order valence-corrected chi connectivity index (χ1v) is 6.49. The highest BCUT2D eigenvalue weighted by Crippen LogP contribution is 1.88. The van der Waals surface area contributed by atoms with E-state index in [1.807, 2.05) is 0 Å². The molecule has 0 bridgehead atoms. The second kappa shape index (κ2) is 15.9. The zero-order valence-electron chi connectivity index (χ0n) is 10.3. The Labute approximate surface area is 116 Å². The van der Waals surface area contributed by atoms with Gasteiger partial charge < -0.3 is 14.6 Å². The van der Waals surface area contributed by atoms with Crippen LogP contribution in [0.5, 0.6) is 0 Å². The van der Waals surface area contributed by atoms with E-state index in [0.29, 0.717) is 31.4 Å². The van der Waals surface area contributed by atoms with Crippen LogP contribution in [-0.2, 0) is 19.1 Å². The molecule has 18 heavy (non-hydrogen) atoms. The van der Waals surface area contributed by atoms with Gasteiger partial charge in [-0.25, -0.2) is 9.59 Å². The number of carbonyl (C=O) groups excluding carboxylic acids is 2. The summed E-state index contributed by atoms with van der Waals surface area (Å²) in [6.45, 7) is 7.38. The van der Waals surface area contributed by atoms with Crippen LogP contribution in [0.25, 0.3) is 0 Å². The largest absolute Gasteiger partial charge is 0.463 e. The summed E-state index contributed by atoms with van der Waals surface area (Å²) in [6.07, 6.45) is 3.64. The Kier molecular flexibility index (Phi) is 16.9. The average molecular weight is 323 g/mol. The molecular formula is C12H19BrO5. The first-order chi connectivity index (χ1) is 8.62. The standard InChI is InChI=1S/C7H12O3.C5H7BrO2/c1-2-7(9)10-6-4-3-5-8;1-2-5(7)8-4-3-6/h2,8H,1,3-6H2;2H,1,3-4H2. The number of ether oxygens (including phenoxy) is 2. The Morgan fingerprint density at radius 1 is 1.06 bits per heavy atom. The van der Waals surface area contributed by atoms with Crippen molar-refractivity contribution in [1.82, 2.24) is 0 Å². The van der Waals surface area contributed by atoms with E-state index in [2.05, 4.69) is 38.6 Å². The minimum atomic E-state index is -0.405. The van der Waals surface area contributed by atoms with Crippen LogP contribution >= 0.6 is 15.9 Å². The van der Waals surface area contributed by atoms with Crippen molar-refractivity contribution in [3.05, 3.63) is 25.3 Å². The molecule has 0 heterocycles. The number of unbranched alkanes of at least 4 members (excludes halogenated alkanes) is 1. The van der Waals surface area contributed by atoms with Gasteiger partial charge in [-0.15, -0.1) is 0 Å². The highest BCUT2D eigenvalue weighted by molar-refractivity contribution is 9.09. The van der Waals surface area contributed by atoms with Gasteiger partial charge >= 0.3 is 11.9 Å². The summed E-state index contributed by atoms with van der Waals surface area (Å²) in [6, 6.07) is 0. The van der Waals surface area contributed by atoms with Gasteiger partial charge in [0.05, 0.1) is 6.61 Å². The highest BCUT2D eigenvalue weighted by Gasteiger charge is 1.93. The molecule has 104 valence electrons. The summed E-state index contributed by atoms with van der Waals surface area (Å²) in [4.78, 5) is 20.6. The van der Waals surface area contributed by atoms with E-state index < -0.39 is 5.97 Å². The van der Waals surface area contributed by atoms with Crippen LogP contribution < -0.4 is 0 Å². The van der Waals surface area contributed by atoms with E-state index >= 15 is 0 Å². The second-order valence-corrected chi connectivity index (χ2v) is 3.66. The Bertz CT molecular complexity index is 253. The number of esters is 2. The fraction of sp³-hybridized carbons (Fsp3) is 0.500. The van der Waals surface area contributed by atoms with Crippen LogP contribution in [-0.4, -0.2) is 42.2 Å². The molecule has 0 aliphatic rings. The Balaban J connectivity index is 0. The molecule has 0 aromatic carbocycles. The van der Waals surface area contributed by atoms with Gasteiger partial charge in [0, 0.05) is 24.1 Å². The Morgan fingerprint density at radius 3 is 1.94 bits per heavy atom. The number of alkyl halides is 1. The van der Waals surface area contributed by atoms with Crippen LogP contribution in [0.1, 0.15) is 12.8 Å². The minimum absolute atomic E-state index is 0.144. The van der Waals surface area contributed by atoms with Gasteiger partial charge in [-0.3, -0.25) is 0 Å². The number of carbonyl (C=O) groups is 2. The van der Waals surface area contributed by atoms with Crippen molar-refractivity contribution in [3.8, 4) is 0 Å². The van der Waals surface area contributed by atoms with Crippen molar-refractivity contribution >= 4 is 27.9 Å². The molecule has 0 aromatic rings. The molecule has 0 radical (unpaired) electrons. The molecule has 0 saturated carbocycles. The molecule has 0 fully saturated rings. The van der Waals surface area contributed by atoms with Gasteiger partial charge in [-0.1, -0.05) is 29.1 Å². The van der Waals surface area contributed by atoms with E-state index in [4.69, 9.17) is 5.11 Å². The smallest absolute Gasteiger partial charge is 0.330 e. The van der Waals surface area contributed by atoms with Gasteiger partial charge in [-0.05, 0) is 12.8 Å². The molecule has 5 nitrogen and oxygen atoms in total. The third-order valence-electron chi connectivity index (χ3n) is 1.45. The molecule has 0 amide bonds. The van der Waals surface area contributed by atoms with Gasteiger partial charge in [0.1, 0.15) is 6.61 Å². The maximum Gasteiger partial charge on any atom is 0.330 e. The maximum absolute atomic E-state index is 10.4. The minimum Gasteiger partial charge on any atom is -0.463 e. The number of hydrogen-bond acceptors (Lipinski definition) is 5. The monoisotopic (exact) mass is 322 g/mol. The zero-order valence-corrected chi connectivity index (χ0v) is 11.9. The summed E-state index contributed by atoms with van der Waals surface area (Å²) in [5.41, 5.74) is 0. The first kappa shape index (κ1) is 19.2. The molecular weight excluding hydrogens is 304 g/mol. The van der Waals surface area contributed by atoms with E-state index in [1.54, 1.807) is 0 Å². The molecule has 1 N–H and O–H groups in total. The lowest BCUT2D eigenvalue weighted by Gasteiger charge is -1.98. The summed E-state index contributed by atoms with van der Waals surface area (Å²) in [5.74, 6) is -0.776. The summed E-state index contributed by atoms with van der Waals surface area (Å²) < 4.78 is 9.16. The number of aliphatic hydroxyl groups is 1. The van der Waals surface area contributed by atoms with Crippen molar-refractivity contribution < 1.29 is 24.2 Å². The molecule has 0 aliphatic carbocycles. The number of hydrogen-bond donors (Lipinski definition) is 1. The number of rotatable bonds is 8. The lowest BCUT2D eigenvalue weighted by Crippen LogP contribution is -2.02. The Hall–Kier alpha value is -1.14. The average Bonchev–Trinajstić information content (AvgIpc) is 2.41. The summed E-state index contributed by atoms with van der Waals surface area (Å²) in [7, 11) is 0. The van der Waals surface area contributed by atoms with Crippen LogP contribution in [0.15, 0.2) is 25.3 Å². The molecule has 0 saturated heterocycles. The van der Waals surface area contributed by atoms with Crippen molar-refractivity contribution in [2.24, 2.45) is 0 Å².